The van der Waals surface area contributed by atoms with Crippen molar-refractivity contribution in [1.29, 1.82) is 0 Å². The van der Waals surface area contributed by atoms with Crippen LogP contribution in [0.4, 0.5) is 0 Å². The van der Waals surface area contributed by atoms with Crippen LogP contribution in [-0.4, -0.2) is 5.11 Å². The van der Waals surface area contributed by atoms with Gasteiger partial charge in [-0.05, 0) is 53.7 Å². The fourth-order valence-corrected chi connectivity index (χ4v) is 2.34. The maximum atomic E-state index is 8.83. The van der Waals surface area contributed by atoms with Crippen molar-refractivity contribution >= 4 is 18.2 Å². The van der Waals surface area contributed by atoms with Gasteiger partial charge in [0, 0.05) is 4.90 Å². The Labute approximate surface area is 141 Å². The van der Waals surface area contributed by atoms with Gasteiger partial charge in [0.05, 0.1) is 6.26 Å². The summed E-state index contributed by atoms with van der Waals surface area (Å²) in [5.74, 6) is 0. The van der Waals surface area contributed by atoms with Crippen LogP contribution >= 0.6 is 12.6 Å². The van der Waals surface area contributed by atoms with Crippen LogP contribution in [0.25, 0.3) is 5.57 Å². The highest BCUT2D eigenvalue weighted by atomic mass is 32.1. The standard InChI is InChI=1S/C18H24OS.C2H6/c1-13(12-19)7-6-8-14(2)15-9-10-17(20)16(11-15)18(3,4)5;1-2/h6-12,19-20H,1-5H3;1-2H3/b7-6+,13-12+,14-8+;. The second-order valence-electron chi connectivity index (χ2n) is 6.06. The number of hydrogen-bond acceptors (Lipinski definition) is 2. The SMILES string of the molecule is CC.CC(/C=C/C=C(\C)c1ccc(S)c(C(C)(C)C)c1)=C\O. The highest BCUT2D eigenvalue weighted by molar-refractivity contribution is 7.80. The van der Waals surface area contributed by atoms with Gasteiger partial charge in [-0.3, -0.25) is 0 Å². The Hall–Kier alpha value is -1.41. The molecule has 0 saturated carbocycles. The lowest BCUT2D eigenvalue weighted by Gasteiger charge is -2.22. The predicted octanol–water partition coefficient (Wildman–Crippen LogP) is 6.72. The lowest BCUT2D eigenvalue weighted by molar-refractivity contribution is 0.469. The van der Waals surface area contributed by atoms with Gasteiger partial charge >= 0.3 is 0 Å². The van der Waals surface area contributed by atoms with Crippen LogP contribution in [0.15, 0.2) is 53.2 Å². The van der Waals surface area contributed by atoms with E-state index in [1.807, 2.05) is 39.0 Å². The molecule has 1 nitrogen and oxygen atoms in total. The van der Waals surface area contributed by atoms with E-state index in [9.17, 15) is 0 Å². The van der Waals surface area contributed by atoms with E-state index in [2.05, 4.69) is 58.5 Å². The van der Waals surface area contributed by atoms with Gasteiger partial charge in [0.2, 0.25) is 0 Å². The molecule has 122 valence electrons. The highest BCUT2D eigenvalue weighted by Crippen LogP contribution is 2.30. The van der Waals surface area contributed by atoms with E-state index >= 15 is 0 Å². The van der Waals surface area contributed by atoms with E-state index in [0.29, 0.717) is 0 Å². The number of aliphatic hydroxyl groups is 1. The average molecular weight is 319 g/mol. The lowest BCUT2D eigenvalue weighted by atomic mass is 9.85. The molecule has 2 heteroatoms. The number of thiol groups is 1. The van der Waals surface area contributed by atoms with Crippen LogP contribution in [0.2, 0.25) is 0 Å². The second-order valence-corrected chi connectivity index (χ2v) is 6.55. The molecule has 0 saturated heterocycles. The minimum atomic E-state index is 0.0828. The molecule has 0 unspecified atom stereocenters. The van der Waals surface area contributed by atoms with Crippen molar-refractivity contribution < 1.29 is 5.11 Å². The zero-order chi connectivity index (χ0) is 17.3. The van der Waals surface area contributed by atoms with Crippen molar-refractivity contribution in [2.75, 3.05) is 0 Å². The van der Waals surface area contributed by atoms with Crippen LogP contribution in [0.1, 0.15) is 59.6 Å². The van der Waals surface area contributed by atoms with Crippen molar-refractivity contribution in [1.82, 2.24) is 0 Å². The Morgan fingerprint density at radius 3 is 2.23 bits per heavy atom. The summed E-state index contributed by atoms with van der Waals surface area (Å²) in [6.45, 7) is 14.5. The topological polar surface area (TPSA) is 20.2 Å². The zero-order valence-corrected chi connectivity index (χ0v) is 15.8. The molecule has 0 amide bonds. The van der Waals surface area contributed by atoms with Gasteiger partial charge in [-0.15, -0.1) is 12.6 Å². The molecule has 0 aliphatic carbocycles. The minimum Gasteiger partial charge on any atom is -0.515 e. The summed E-state index contributed by atoms with van der Waals surface area (Å²) in [5, 5.41) is 8.83. The first-order valence-electron chi connectivity index (χ1n) is 7.75. The van der Waals surface area contributed by atoms with Crippen molar-refractivity contribution in [3.63, 3.8) is 0 Å². The summed E-state index contributed by atoms with van der Waals surface area (Å²) in [5.41, 5.74) is 4.55. The maximum absolute atomic E-state index is 8.83. The van der Waals surface area contributed by atoms with E-state index < -0.39 is 0 Å². The lowest BCUT2D eigenvalue weighted by Crippen LogP contribution is -2.12. The third-order valence-corrected chi connectivity index (χ3v) is 3.56. The molecular weight excluding hydrogens is 288 g/mol. The van der Waals surface area contributed by atoms with E-state index in [0.717, 1.165) is 16.7 Å². The number of hydrogen-bond donors (Lipinski definition) is 2. The first-order chi connectivity index (χ1) is 10.3. The van der Waals surface area contributed by atoms with Gasteiger partial charge in [0.1, 0.15) is 0 Å². The predicted molar refractivity (Wildman–Crippen MR) is 103 cm³/mol. The van der Waals surface area contributed by atoms with Gasteiger partial charge in [-0.2, -0.15) is 0 Å². The molecule has 0 heterocycles. The van der Waals surface area contributed by atoms with Gasteiger partial charge in [0.25, 0.3) is 0 Å². The zero-order valence-electron chi connectivity index (χ0n) is 14.9. The van der Waals surface area contributed by atoms with E-state index in [1.165, 1.54) is 16.7 Å². The van der Waals surface area contributed by atoms with Gasteiger partial charge in [-0.1, -0.05) is 58.9 Å². The van der Waals surface area contributed by atoms with Crippen LogP contribution in [0, 0.1) is 0 Å². The third kappa shape index (κ3) is 6.57. The Bertz CT molecular complexity index is 558. The van der Waals surface area contributed by atoms with E-state index in [1.54, 1.807) is 0 Å². The van der Waals surface area contributed by atoms with Crippen LogP contribution in [0.3, 0.4) is 0 Å². The molecular formula is C20H30OS. The number of allylic oxidation sites excluding steroid dienone is 5. The van der Waals surface area contributed by atoms with Crippen LogP contribution < -0.4 is 0 Å². The van der Waals surface area contributed by atoms with Crippen LogP contribution in [0.5, 0.6) is 0 Å². The quantitative estimate of drug-likeness (QED) is 0.360. The van der Waals surface area contributed by atoms with E-state index in [4.69, 9.17) is 5.11 Å². The van der Waals surface area contributed by atoms with Crippen molar-refractivity contribution in [3.8, 4) is 0 Å². The minimum absolute atomic E-state index is 0.0828. The normalized spacial score (nSPS) is 13.1. The molecule has 0 aliphatic heterocycles. The molecule has 1 aromatic carbocycles. The van der Waals surface area contributed by atoms with Gasteiger partial charge < -0.3 is 5.11 Å². The Kier molecular flexibility index (Phi) is 8.96. The fourth-order valence-electron chi connectivity index (χ4n) is 1.87. The summed E-state index contributed by atoms with van der Waals surface area (Å²) < 4.78 is 0. The molecule has 0 atom stereocenters. The molecule has 1 rings (SSSR count). The fraction of sp³-hybridized carbons (Fsp3) is 0.400. The molecule has 0 aliphatic rings. The summed E-state index contributed by atoms with van der Waals surface area (Å²) in [6, 6.07) is 6.35. The van der Waals surface area contributed by atoms with Gasteiger partial charge in [-0.25, -0.2) is 0 Å². The molecule has 0 spiro atoms. The Morgan fingerprint density at radius 2 is 1.73 bits per heavy atom. The molecule has 0 bridgehead atoms. The molecule has 0 fully saturated rings. The average Bonchev–Trinajstić information content (AvgIpc) is 2.48. The second kappa shape index (κ2) is 9.58. The summed E-state index contributed by atoms with van der Waals surface area (Å²) in [7, 11) is 0. The first kappa shape index (κ1) is 20.6. The van der Waals surface area contributed by atoms with Gasteiger partial charge in [0.15, 0.2) is 0 Å². The molecule has 0 radical (unpaired) electrons. The number of aliphatic hydroxyl groups excluding tert-OH is 1. The Morgan fingerprint density at radius 1 is 1.14 bits per heavy atom. The monoisotopic (exact) mass is 318 g/mol. The number of benzene rings is 1. The van der Waals surface area contributed by atoms with Crippen molar-refractivity contribution in [3.05, 3.63) is 59.4 Å². The largest absolute Gasteiger partial charge is 0.515 e. The van der Waals surface area contributed by atoms with Crippen LogP contribution in [-0.2, 0) is 5.41 Å². The summed E-state index contributed by atoms with van der Waals surface area (Å²) >= 11 is 4.55. The third-order valence-electron chi connectivity index (χ3n) is 3.17. The first-order valence-corrected chi connectivity index (χ1v) is 8.20. The van der Waals surface area contributed by atoms with E-state index in [-0.39, 0.29) is 5.41 Å². The molecule has 1 N–H and O–H groups in total. The van der Waals surface area contributed by atoms with Crippen molar-refractivity contribution in [2.24, 2.45) is 0 Å². The molecule has 1 aromatic rings. The molecule has 0 aromatic heterocycles. The summed E-state index contributed by atoms with van der Waals surface area (Å²) in [6.07, 6.45) is 6.98. The highest BCUT2D eigenvalue weighted by Gasteiger charge is 2.17. The Balaban J connectivity index is 0.00000211. The maximum Gasteiger partial charge on any atom is 0.0820 e. The number of rotatable bonds is 3. The van der Waals surface area contributed by atoms with Crippen molar-refractivity contribution in [2.45, 2.75) is 58.8 Å². The summed E-state index contributed by atoms with van der Waals surface area (Å²) in [4.78, 5) is 1.03. The smallest absolute Gasteiger partial charge is 0.0820 e. The molecule has 22 heavy (non-hydrogen) atoms.